The smallest absolute Gasteiger partial charge is 0.132 e. The van der Waals surface area contributed by atoms with Crippen LogP contribution in [-0.4, -0.2) is 12.2 Å². The largest absolute Gasteiger partial charge is 0.507 e. The Morgan fingerprint density at radius 2 is 2.07 bits per heavy atom. The second kappa shape index (κ2) is 4.69. The summed E-state index contributed by atoms with van der Waals surface area (Å²) in [6.45, 7) is 4.32. The van der Waals surface area contributed by atoms with Gasteiger partial charge in [-0.2, -0.15) is 0 Å². The number of benzene rings is 1. The van der Waals surface area contributed by atoms with E-state index in [1.54, 1.807) is 6.07 Å². The Hall–Kier alpha value is -0.700. The van der Waals surface area contributed by atoms with E-state index in [9.17, 15) is 5.11 Å². The highest BCUT2D eigenvalue weighted by Gasteiger charge is 2.08. The van der Waals surface area contributed by atoms with Crippen LogP contribution in [0.2, 0.25) is 0 Å². The summed E-state index contributed by atoms with van der Waals surface area (Å²) >= 11 is 3.39. The number of phenolic OH excluding ortho intramolecular Hbond substituents is 1. The maximum atomic E-state index is 9.64. The first-order chi connectivity index (χ1) is 6.54. The van der Waals surface area contributed by atoms with Crippen molar-refractivity contribution in [1.29, 1.82) is 0 Å². The molecule has 0 spiro atoms. The maximum absolute atomic E-state index is 9.64. The molecule has 2 nitrogen and oxygen atoms in total. The van der Waals surface area contributed by atoms with Gasteiger partial charge in [-0.1, -0.05) is 13.8 Å². The molecule has 78 valence electrons. The van der Waals surface area contributed by atoms with Crippen LogP contribution in [0.3, 0.4) is 0 Å². The van der Waals surface area contributed by atoms with Crippen LogP contribution in [0.1, 0.15) is 19.4 Å². The zero-order valence-corrected chi connectivity index (χ0v) is 10.4. The number of rotatable bonds is 3. The van der Waals surface area contributed by atoms with Crippen molar-refractivity contribution in [3.63, 3.8) is 0 Å². The van der Waals surface area contributed by atoms with E-state index in [1.165, 1.54) is 0 Å². The molecular formula is C11H16BrNO. The quantitative estimate of drug-likeness (QED) is 0.870. The van der Waals surface area contributed by atoms with Crippen LogP contribution in [-0.2, 0) is 6.42 Å². The van der Waals surface area contributed by atoms with Crippen LogP contribution in [0.5, 0.6) is 5.75 Å². The molecule has 0 aliphatic heterocycles. The molecule has 0 unspecified atom stereocenters. The number of halogens is 1. The SMILES string of the molecule is CNc1cc(O)c(Br)c(CC(C)C)c1. The van der Waals surface area contributed by atoms with Gasteiger partial charge in [-0.3, -0.25) is 0 Å². The summed E-state index contributed by atoms with van der Waals surface area (Å²) in [5.41, 5.74) is 2.09. The lowest BCUT2D eigenvalue weighted by Gasteiger charge is -2.11. The molecule has 0 aliphatic rings. The lowest BCUT2D eigenvalue weighted by atomic mass is 10.0. The molecule has 0 saturated heterocycles. The van der Waals surface area contributed by atoms with Crippen molar-refractivity contribution in [2.45, 2.75) is 20.3 Å². The van der Waals surface area contributed by atoms with Crippen molar-refractivity contribution < 1.29 is 5.11 Å². The first-order valence-electron chi connectivity index (χ1n) is 4.73. The van der Waals surface area contributed by atoms with Gasteiger partial charge in [0.15, 0.2) is 0 Å². The monoisotopic (exact) mass is 257 g/mol. The van der Waals surface area contributed by atoms with Crippen molar-refractivity contribution in [2.75, 3.05) is 12.4 Å². The summed E-state index contributed by atoms with van der Waals surface area (Å²) in [6.07, 6.45) is 0.962. The minimum atomic E-state index is 0.299. The van der Waals surface area contributed by atoms with Gasteiger partial charge in [0.05, 0.1) is 4.47 Å². The van der Waals surface area contributed by atoms with Gasteiger partial charge >= 0.3 is 0 Å². The van der Waals surface area contributed by atoms with Crippen molar-refractivity contribution in [3.05, 3.63) is 22.2 Å². The lowest BCUT2D eigenvalue weighted by molar-refractivity contribution is 0.470. The number of phenols is 1. The lowest BCUT2D eigenvalue weighted by Crippen LogP contribution is -1.97. The molecule has 0 aliphatic carbocycles. The molecule has 0 atom stereocenters. The van der Waals surface area contributed by atoms with Crippen LogP contribution in [0.4, 0.5) is 5.69 Å². The summed E-state index contributed by atoms with van der Waals surface area (Å²) in [4.78, 5) is 0. The molecule has 1 rings (SSSR count). The van der Waals surface area contributed by atoms with Crippen LogP contribution in [0, 0.1) is 5.92 Å². The standard InChI is InChI=1S/C11H16BrNO/c1-7(2)4-8-5-9(13-3)6-10(14)11(8)12/h5-7,13-14H,4H2,1-3H3. The summed E-state index contributed by atoms with van der Waals surface area (Å²) in [6, 6.07) is 3.78. The van der Waals surface area contributed by atoms with E-state index in [-0.39, 0.29) is 0 Å². The van der Waals surface area contributed by atoms with Crippen LogP contribution >= 0.6 is 15.9 Å². The predicted molar refractivity (Wildman–Crippen MR) is 63.9 cm³/mol. The van der Waals surface area contributed by atoms with E-state index in [0.717, 1.165) is 22.1 Å². The van der Waals surface area contributed by atoms with E-state index in [1.807, 2.05) is 7.05 Å². The van der Waals surface area contributed by atoms with Gasteiger partial charge in [-0.25, -0.2) is 0 Å². The number of hydrogen-bond donors (Lipinski definition) is 2. The molecule has 0 fully saturated rings. The Morgan fingerprint density at radius 1 is 1.43 bits per heavy atom. The zero-order chi connectivity index (χ0) is 10.7. The van der Waals surface area contributed by atoms with Gasteiger partial charge in [0.2, 0.25) is 0 Å². The normalized spacial score (nSPS) is 10.6. The third-order valence-electron chi connectivity index (χ3n) is 2.05. The van der Waals surface area contributed by atoms with E-state index >= 15 is 0 Å². The Balaban J connectivity index is 3.07. The van der Waals surface area contributed by atoms with Gasteiger partial charge in [0, 0.05) is 18.8 Å². The maximum Gasteiger partial charge on any atom is 0.132 e. The Morgan fingerprint density at radius 3 is 2.57 bits per heavy atom. The van der Waals surface area contributed by atoms with E-state index < -0.39 is 0 Å². The molecule has 0 bridgehead atoms. The fourth-order valence-corrected chi connectivity index (χ4v) is 1.79. The van der Waals surface area contributed by atoms with Crippen molar-refractivity contribution in [2.24, 2.45) is 5.92 Å². The molecule has 0 heterocycles. The fourth-order valence-electron chi connectivity index (χ4n) is 1.40. The summed E-state index contributed by atoms with van der Waals surface area (Å²) < 4.78 is 0.810. The number of aromatic hydroxyl groups is 1. The molecule has 0 amide bonds. The topological polar surface area (TPSA) is 32.3 Å². The second-order valence-corrected chi connectivity index (χ2v) is 4.61. The summed E-state index contributed by atoms with van der Waals surface area (Å²) in [5, 5.41) is 12.7. The van der Waals surface area contributed by atoms with Gasteiger partial charge in [0.25, 0.3) is 0 Å². The average Bonchev–Trinajstić information content (AvgIpc) is 2.11. The number of anilines is 1. The molecule has 0 saturated carbocycles. The third-order valence-corrected chi connectivity index (χ3v) is 2.96. The van der Waals surface area contributed by atoms with Crippen molar-refractivity contribution in [3.8, 4) is 5.75 Å². The molecule has 0 aromatic heterocycles. The van der Waals surface area contributed by atoms with Crippen molar-refractivity contribution >= 4 is 21.6 Å². The first kappa shape index (κ1) is 11.4. The molecule has 14 heavy (non-hydrogen) atoms. The van der Waals surface area contributed by atoms with E-state index in [0.29, 0.717) is 11.7 Å². The second-order valence-electron chi connectivity index (χ2n) is 3.82. The average molecular weight is 258 g/mol. The summed E-state index contributed by atoms with van der Waals surface area (Å²) in [5.74, 6) is 0.880. The van der Waals surface area contributed by atoms with Crippen LogP contribution < -0.4 is 5.32 Å². The fraction of sp³-hybridized carbons (Fsp3) is 0.455. The third kappa shape index (κ3) is 2.64. The molecule has 3 heteroatoms. The van der Waals surface area contributed by atoms with Crippen molar-refractivity contribution in [1.82, 2.24) is 0 Å². The first-order valence-corrected chi connectivity index (χ1v) is 5.53. The highest BCUT2D eigenvalue weighted by Crippen LogP contribution is 2.32. The Bertz CT molecular complexity index is 323. The highest BCUT2D eigenvalue weighted by atomic mass is 79.9. The minimum absolute atomic E-state index is 0.299. The number of nitrogens with one attached hydrogen (secondary N) is 1. The molecule has 1 aromatic rings. The van der Waals surface area contributed by atoms with Gasteiger partial charge in [-0.05, 0) is 39.9 Å². The van der Waals surface area contributed by atoms with Crippen LogP contribution in [0.25, 0.3) is 0 Å². The van der Waals surface area contributed by atoms with E-state index in [2.05, 4.69) is 41.2 Å². The minimum Gasteiger partial charge on any atom is -0.507 e. The highest BCUT2D eigenvalue weighted by molar-refractivity contribution is 9.10. The zero-order valence-electron chi connectivity index (χ0n) is 8.76. The Kier molecular flexibility index (Phi) is 3.81. The predicted octanol–water partition coefficient (Wildman–Crippen LogP) is 3.39. The van der Waals surface area contributed by atoms with Gasteiger partial charge in [0.1, 0.15) is 5.75 Å². The number of hydrogen-bond acceptors (Lipinski definition) is 2. The van der Waals surface area contributed by atoms with Gasteiger partial charge in [-0.15, -0.1) is 0 Å². The summed E-state index contributed by atoms with van der Waals surface area (Å²) in [7, 11) is 1.85. The van der Waals surface area contributed by atoms with Gasteiger partial charge < -0.3 is 10.4 Å². The molecular weight excluding hydrogens is 242 g/mol. The van der Waals surface area contributed by atoms with E-state index in [4.69, 9.17) is 0 Å². The molecule has 0 radical (unpaired) electrons. The Labute approximate surface area is 93.5 Å². The molecule has 2 N–H and O–H groups in total. The van der Waals surface area contributed by atoms with Crippen LogP contribution in [0.15, 0.2) is 16.6 Å². The molecule has 1 aromatic carbocycles.